The third kappa shape index (κ3) is 12.0. The Balaban J connectivity index is 1.76. The highest BCUT2D eigenvalue weighted by atomic mass is 32.2. The molecular formula is C18H37NO3S. The van der Waals surface area contributed by atoms with Crippen LogP contribution in [0.5, 0.6) is 0 Å². The molecule has 1 aliphatic heterocycles. The smallest absolute Gasteiger partial charge is 0.264 e. The zero-order valence-corrected chi connectivity index (χ0v) is 16.1. The Labute approximate surface area is 144 Å². The standard InChI is InChI=1S/C18H37NO3S/c1-3-4-5-6-7-8-9-10-11-12-13-14-15-19-16-18(17-19)22-23(2,20)21/h18H,3-17H2,1-2H3. The van der Waals surface area contributed by atoms with Crippen LogP contribution in [0, 0.1) is 0 Å². The van der Waals surface area contributed by atoms with Crippen LogP contribution in [0.3, 0.4) is 0 Å². The van der Waals surface area contributed by atoms with Crippen molar-refractivity contribution in [3.05, 3.63) is 0 Å². The number of rotatable bonds is 15. The summed E-state index contributed by atoms with van der Waals surface area (Å²) in [5, 5.41) is 0. The van der Waals surface area contributed by atoms with E-state index in [1.165, 1.54) is 77.0 Å². The second-order valence-corrected chi connectivity index (χ2v) is 8.67. The molecule has 0 radical (unpaired) electrons. The van der Waals surface area contributed by atoms with Gasteiger partial charge in [0.1, 0.15) is 6.10 Å². The van der Waals surface area contributed by atoms with Crippen LogP contribution >= 0.6 is 0 Å². The van der Waals surface area contributed by atoms with Gasteiger partial charge in [-0.15, -0.1) is 0 Å². The molecule has 0 aromatic rings. The fourth-order valence-electron chi connectivity index (χ4n) is 3.19. The maximum Gasteiger partial charge on any atom is 0.264 e. The van der Waals surface area contributed by atoms with Crippen molar-refractivity contribution in [2.24, 2.45) is 0 Å². The quantitative estimate of drug-likeness (QED) is 0.326. The number of likely N-dealkylation sites (tertiary alicyclic amines) is 1. The van der Waals surface area contributed by atoms with Crippen molar-refractivity contribution in [2.75, 3.05) is 25.9 Å². The highest BCUT2D eigenvalue weighted by molar-refractivity contribution is 7.86. The lowest BCUT2D eigenvalue weighted by Gasteiger charge is -2.37. The summed E-state index contributed by atoms with van der Waals surface area (Å²) in [5.41, 5.74) is 0. The van der Waals surface area contributed by atoms with Gasteiger partial charge in [0.2, 0.25) is 0 Å². The Morgan fingerprint density at radius 3 is 1.70 bits per heavy atom. The van der Waals surface area contributed by atoms with E-state index >= 15 is 0 Å². The molecule has 1 fully saturated rings. The lowest BCUT2D eigenvalue weighted by Crippen LogP contribution is -2.52. The minimum absolute atomic E-state index is 0.109. The van der Waals surface area contributed by atoms with Crippen molar-refractivity contribution >= 4 is 10.1 Å². The van der Waals surface area contributed by atoms with Crippen LogP contribution in [-0.2, 0) is 14.3 Å². The molecule has 0 spiro atoms. The molecule has 0 unspecified atom stereocenters. The molecule has 138 valence electrons. The van der Waals surface area contributed by atoms with Crippen LogP contribution in [0.1, 0.15) is 84.0 Å². The van der Waals surface area contributed by atoms with Crippen molar-refractivity contribution in [1.29, 1.82) is 0 Å². The molecule has 1 aliphatic rings. The van der Waals surface area contributed by atoms with Gasteiger partial charge in [-0.25, -0.2) is 0 Å². The molecule has 0 aliphatic carbocycles. The van der Waals surface area contributed by atoms with Gasteiger partial charge in [0.25, 0.3) is 10.1 Å². The number of hydrogen-bond donors (Lipinski definition) is 0. The van der Waals surface area contributed by atoms with Crippen LogP contribution in [0.2, 0.25) is 0 Å². The van der Waals surface area contributed by atoms with Gasteiger partial charge in [-0.1, -0.05) is 77.6 Å². The van der Waals surface area contributed by atoms with E-state index in [0.717, 1.165) is 25.9 Å². The van der Waals surface area contributed by atoms with Gasteiger partial charge < -0.3 is 0 Å². The Morgan fingerprint density at radius 2 is 1.26 bits per heavy atom. The summed E-state index contributed by atoms with van der Waals surface area (Å²) in [4.78, 5) is 2.28. The van der Waals surface area contributed by atoms with Gasteiger partial charge in [-0.3, -0.25) is 9.08 Å². The average molecular weight is 348 g/mol. The molecule has 0 bridgehead atoms. The summed E-state index contributed by atoms with van der Waals surface area (Å²) in [6, 6.07) is 0. The van der Waals surface area contributed by atoms with Gasteiger partial charge >= 0.3 is 0 Å². The van der Waals surface area contributed by atoms with E-state index < -0.39 is 10.1 Å². The Morgan fingerprint density at radius 1 is 0.826 bits per heavy atom. The van der Waals surface area contributed by atoms with Crippen molar-refractivity contribution < 1.29 is 12.6 Å². The summed E-state index contributed by atoms with van der Waals surface area (Å²) in [6.07, 6.45) is 17.5. The number of nitrogens with zero attached hydrogens (tertiary/aromatic N) is 1. The highest BCUT2D eigenvalue weighted by Gasteiger charge is 2.29. The van der Waals surface area contributed by atoms with E-state index in [1.807, 2.05) is 0 Å². The molecule has 1 rings (SSSR count). The lowest BCUT2D eigenvalue weighted by molar-refractivity contribution is 0.0241. The second-order valence-electron chi connectivity index (χ2n) is 7.07. The molecule has 0 atom stereocenters. The van der Waals surface area contributed by atoms with E-state index in [-0.39, 0.29) is 6.10 Å². The largest absolute Gasteiger partial charge is 0.298 e. The third-order valence-electron chi connectivity index (χ3n) is 4.56. The molecule has 0 amide bonds. The maximum absolute atomic E-state index is 11.0. The van der Waals surface area contributed by atoms with Gasteiger partial charge in [0.15, 0.2) is 0 Å². The van der Waals surface area contributed by atoms with Crippen molar-refractivity contribution in [2.45, 2.75) is 90.1 Å². The summed E-state index contributed by atoms with van der Waals surface area (Å²) in [6.45, 7) is 4.89. The average Bonchev–Trinajstić information content (AvgIpc) is 2.44. The molecular weight excluding hydrogens is 310 g/mol. The monoisotopic (exact) mass is 347 g/mol. The normalized spacial score (nSPS) is 16.6. The molecule has 1 saturated heterocycles. The zero-order chi connectivity index (χ0) is 17.0. The van der Waals surface area contributed by atoms with Crippen LogP contribution in [0.4, 0.5) is 0 Å². The first-order chi connectivity index (χ1) is 11.0. The molecule has 1 heterocycles. The van der Waals surface area contributed by atoms with Crippen molar-refractivity contribution in [1.82, 2.24) is 4.90 Å². The summed E-state index contributed by atoms with van der Waals surface area (Å²) in [5.74, 6) is 0. The molecule has 0 saturated carbocycles. The fraction of sp³-hybridized carbons (Fsp3) is 1.00. The van der Waals surface area contributed by atoms with E-state index in [9.17, 15) is 8.42 Å². The first-order valence-electron chi connectivity index (χ1n) is 9.62. The third-order valence-corrected chi connectivity index (χ3v) is 5.18. The molecule has 0 aromatic carbocycles. The van der Waals surface area contributed by atoms with Gasteiger partial charge in [-0.05, 0) is 13.0 Å². The molecule has 0 N–H and O–H groups in total. The molecule has 4 nitrogen and oxygen atoms in total. The predicted octanol–water partition coefficient (Wildman–Crippen LogP) is 4.35. The number of hydrogen-bond acceptors (Lipinski definition) is 4. The van der Waals surface area contributed by atoms with Crippen LogP contribution in [0.25, 0.3) is 0 Å². The van der Waals surface area contributed by atoms with Crippen molar-refractivity contribution in [3.8, 4) is 0 Å². The van der Waals surface area contributed by atoms with Gasteiger partial charge in [-0.2, -0.15) is 8.42 Å². The summed E-state index contributed by atoms with van der Waals surface area (Å²) in [7, 11) is -3.28. The van der Waals surface area contributed by atoms with Gasteiger partial charge in [0, 0.05) is 13.1 Å². The molecule has 0 aromatic heterocycles. The minimum atomic E-state index is -3.28. The fourth-order valence-corrected chi connectivity index (χ4v) is 3.81. The Kier molecular flexibility index (Phi) is 11.2. The van der Waals surface area contributed by atoms with E-state index in [0.29, 0.717) is 0 Å². The van der Waals surface area contributed by atoms with E-state index in [4.69, 9.17) is 4.18 Å². The van der Waals surface area contributed by atoms with Crippen LogP contribution in [0.15, 0.2) is 0 Å². The molecule has 23 heavy (non-hydrogen) atoms. The van der Waals surface area contributed by atoms with Gasteiger partial charge in [0.05, 0.1) is 6.26 Å². The van der Waals surface area contributed by atoms with Crippen LogP contribution in [-0.4, -0.2) is 45.3 Å². The Hall–Kier alpha value is -0.130. The van der Waals surface area contributed by atoms with Crippen molar-refractivity contribution in [3.63, 3.8) is 0 Å². The first kappa shape index (κ1) is 20.9. The Bertz CT molecular complexity index is 378. The predicted molar refractivity (Wildman–Crippen MR) is 97.2 cm³/mol. The van der Waals surface area contributed by atoms with E-state index in [2.05, 4.69) is 11.8 Å². The minimum Gasteiger partial charge on any atom is -0.298 e. The molecule has 5 heteroatoms. The summed E-state index contributed by atoms with van der Waals surface area (Å²) >= 11 is 0. The zero-order valence-electron chi connectivity index (χ0n) is 15.3. The van der Waals surface area contributed by atoms with E-state index in [1.54, 1.807) is 0 Å². The highest BCUT2D eigenvalue weighted by Crippen LogP contribution is 2.16. The number of unbranched alkanes of at least 4 members (excludes halogenated alkanes) is 11. The first-order valence-corrected chi connectivity index (χ1v) is 11.4. The summed E-state index contributed by atoms with van der Waals surface area (Å²) < 4.78 is 26.9. The van der Waals surface area contributed by atoms with Crippen LogP contribution < -0.4 is 0 Å². The SMILES string of the molecule is CCCCCCCCCCCCCCN1CC(OS(C)(=O)=O)C1. The lowest BCUT2D eigenvalue weighted by atomic mass is 10.0. The maximum atomic E-state index is 11.0. The second kappa shape index (κ2) is 12.3. The topological polar surface area (TPSA) is 46.6 Å².